The Kier molecular flexibility index (Phi) is 4.38. The number of phenols is 1. The zero-order valence-corrected chi connectivity index (χ0v) is 13.2. The first kappa shape index (κ1) is 14.6. The summed E-state index contributed by atoms with van der Waals surface area (Å²) in [5.74, 6) is 1.23. The molecular formula is C14H21BrN2O2. The molecule has 0 saturated carbocycles. The topological polar surface area (TPSA) is 58.7 Å². The molecule has 0 aliphatic carbocycles. The summed E-state index contributed by atoms with van der Waals surface area (Å²) in [6.07, 6.45) is 0.978. The summed E-state index contributed by atoms with van der Waals surface area (Å²) in [5, 5.41) is 10.5. The van der Waals surface area contributed by atoms with Gasteiger partial charge in [0.05, 0.1) is 11.6 Å². The summed E-state index contributed by atoms with van der Waals surface area (Å²) in [4.78, 5) is 2.26. The van der Waals surface area contributed by atoms with Gasteiger partial charge in [-0.05, 0) is 60.4 Å². The van der Waals surface area contributed by atoms with Crippen LogP contribution in [0, 0.1) is 12.8 Å². The molecule has 1 aromatic carbocycles. The molecule has 19 heavy (non-hydrogen) atoms. The summed E-state index contributed by atoms with van der Waals surface area (Å²) in [6, 6.07) is 2.20. The van der Waals surface area contributed by atoms with Gasteiger partial charge >= 0.3 is 0 Å². The van der Waals surface area contributed by atoms with Crippen LogP contribution < -0.4 is 10.5 Å². The van der Waals surface area contributed by atoms with Crippen LogP contribution in [0.2, 0.25) is 0 Å². The van der Waals surface area contributed by atoms with Crippen LogP contribution in [0.1, 0.15) is 23.6 Å². The van der Waals surface area contributed by atoms with Crippen LogP contribution in [0.5, 0.6) is 11.5 Å². The third-order valence-electron chi connectivity index (χ3n) is 3.96. The van der Waals surface area contributed by atoms with E-state index in [9.17, 15) is 5.11 Å². The maximum atomic E-state index is 10.5. The number of hydrogen-bond donors (Lipinski definition) is 2. The zero-order valence-electron chi connectivity index (χ0n) is 11.6. The van der Waals surface area contributed by atoms with Crippen LogP contribution in [-0.4, -0.2) is 37.3 Å². The highest BCUT2D eigenvalue weighted by Crippen LogP contribution is 2.46. The lowest BCUT2D eigenvalue weighted by atomic mass is 9.95. The highest BCUT2D eigenvalue weighted by molar-refractivity contribution is 9.10. The predicted octanol–water partition coefficient (Wildman–Crippen LogP) is 2.42. The molecule has 2 unspecified atom stereocenters. The maximum Gasteiger partial charge on any atom is 0.175 e. The van der Waals surface area contributed by atoms with Gasteiger partial charge in [-0.3, -0.25) is 4.90 Å². The van der Waals surface area contributed by atoms with Gasteiger partial charge in [0, 0.05) is 18.2 Å². The maximum absolute atomic E-state index is 10.5. The smallest absolute Gasteiger partial charge is 0.175 e. The SMILES string of the molecule is COc1c(Br)cc(C)c(C2CC(CN)CN2C)c1O. The van der Waals surface area contributed by atoms with Crippen LogP contribution >= 0.6 is 15.9 Å². The highest BCUT2D eigenvalue weighted by atomic mass is 79.9. The summed E-state index contributed by atoms with van der Waals surface area (Å²) in [5.41, 5.74) is 7.80. The molecule has 106 valence electrons. The second kappa shape index (κ2) is 5.69. The fourth-order valence-electron chi connectivity index (χ4n) is 2.98. The Balaban J connectivity index is 2.45. The van der Waals surface area contributed by atoms with Crippen LogP contribution in [0.4, 0.5) is 0 Å². The number of aryl methyl sites for hydroxylation is 1. The summed E-state index contributed by atoms with van der Waals surface area (Å²) < 4.78 is 6.06. The van der Waals surface area contributed by atoms with Gasteiger partial charge in [-0.2, -0.15) is 0 Å². The Morgan fingerprint density at radius 2 is 2.26 bits per heavy atom. The van der Waals surface area contributed by atoms with Crippen LogP contribution in [-0.2, 0) is 0 Å². The molecule has 2 rings (SSSR count). The minimum Gasteiger partial charge on any atom is -0.504 e. The molecule has 3 N–H and O–H groups in total. The van der Waals surface area contributed by atoms with Gasteiger partial charge in [-0.25, -0.2) is 0 Å². The summed E-state index contributed by atoms with van der Waals surface area (Å²) in [7, 11) is 3.65. The first-order chi connectivity index (χ1) is 8.99. The van der Waals surface area contributed by atoms with Crippen molar-refractivity contribution < 1.29 is 9.84 Å². The van der Waals surface area contributed by atoms with Gasteiger partial charge in [0.2, 0.25) is 0 Å². The van der Waals surface area contributed by atoms with Crippen LogP contribution in [0.15, 0.2) is 10.5 Å². The molecule has 1 aliphatic heterocycles. The average molecular weight is 329 g/mol. The lowest BCUT2D eigenvalue weighted by Gasteiger charge is -2.24. The van der Waals surface area contributed by atoms with E-state index in [1.165, 1.54) is 0 Å². The Hall–Kier alpha value is -0.780. The van der Waals surface area contributed by atoms with Gasteiger partial charge in [0.25, 0.3) is 0 Å². The lowest BCUT2D eigenvalue weighted by molar-refractivity contribution is 0.299. The molecule has 0 bridgehead atoms. The van der Waals surface area contributed by atoms with E-state index in [1.54, 1.807) is 7.11 Å². The average Bonchev–Trinajstić information content (AvgIpc) is 2.71. The Morgan fingerprint density at radius 3 is 2.79 bits per heavy atom. The van der Waals surface area contributed by atoms with E-state index in [-0.39, 0.29) is 11.8 Å². The van der Waals surface area contributed by atoms with Crippen molar-refractivity contribution in [2.75, 3.05) is 27.2 Å². The molecule has 0 amide bonds. The fourth-order valence-corrected chi connectivity index (χ4v) is 3.68. The van der Waals surface area contributed by atoms with E-state index in [0.717, 1.165) is 28.6 Å². The number of benzene rings is 1. The Labute approximate surface area is 122 Å². The molecule has 1 heterocycles. The molecule has 0 aromatic heterocycles. The molecule has 1 aliphatic rings. The number of nitrogens with two attached hydrogens (primary N) is 1. The number of halogens is 1. The van der Waals surface area contributed by atoms with Crippen molar-refractivity contribution in [3.63, 3.8) is 0 Å². The van der Waals surface area contributed by atoms with Crippen molar-refractivity contribution in [2.45, 2.75) is 19.4 Å². The second-order valence-corrected chi connectivity index (χ2v) is 6.12. The number of aromatic hydroxyl groups is 1. The number of ether oxygens (including phenoxy) is 1. The molecule has 1 saturated heterocycles. The first-order valence-electron chi connectivity index (χ1n) is 6.45. The fraction of sp³-hybridized carbons (Fsp3) is 0.571. The molecule has 1 aromatic rings. The number of hydrogen-bond acceptors (Lipinski definition) is 4. The molecule has 0 radical (unpaired) electrons. The first-order valence-corrected chi connectivity index (χ1v) is 7.25. The van der Waals surface area contributed by atoms with Gasteiger partial charge in [-0.15, -0.1) is 0 Å². The van der Waals surface area contributed by atoms with Gasteiger partial charge in [-0.1, -0.05) is 0 Å². The monoisotopic (exact) mass is 328 g/mol. The number of rotatable bonds is 3. The van der Waals surface area contributed by atoms with Gasteiger partial charge in [0.15, 0.2) is 11.5 Å². The van der Waals surface area contributed by atoms with E-state index >= 15 is 0 Å². The third-order valence-corrected chi connectivity index (χ3v) is 4.55. The number of likely N-dealkylation sites (tertiary alicyclic amines) is 1. The van der Waals surface area contributed by atoms with E-state index in [1.807, 2.05) is 13.0 Å². The predicted molar refractivity (Wildman–Crippen MR) is 79.6 cm³/mol. The number of phenolic OH excluding ortho intramolecular Hbond substituents is 1. The van der Waals surface area contributed by atoms with Crippen LogP contribution in [0.25, 0.3) is 0 Å². The second-order valence-electron chi connectivity index (χ2n) is 5.26. The molecule has 0 spiro atoms. The Bertz CT molecular complexity index is 479. The zero-order chi connectivity index (χ0) is 14.2. The molecule has 5 heteroatoms. The largest absolute Gasteiger partial charge is 0.504 e. The van der Waals surface area contributed by atoms with Crippen molar-refractivity contribution >= 4 is 15.9 Å². The van der Waals surface area contributed by atoms with Crippen LogP contribution in [0.3, 0.4) is 0 Å². The highest BCUT2D eigenvalue weighted by Gasteiger charge is 2.33. The summed E-state index contributed by atoms with van der Waals surface area (Å²) >= 11 is 3.42. The van der Waals surface area contributed by atoms with E-state index in [4.69, 9.17) is 10.5 Å². The quantitative estimate of drug-likeness (QED) is 0.894. The molecular weight excluding hydrogens is 308 g/mol. The normalized spacial score (nSPS) is 23.8. The van der Waals surface area contributed by atoms with Crippen molar-refractivity contribution in [3.8, 4) is 11.5 Å². The molecule has 2 atom stereocenters. The Morgan fingerprint density at radius 1 is 1.58 bits per heavy atom. The van der Waals surface area contributed by atoms with E-state index in [0.29, 0.717) is 18.2 Å². The third kappa shape index (κ3) is 2.59. The number of nitrogens with zero attached hydrogens (tertiary/aromatic N) is 1. The molecule has 4 nitrogen and oxygen atoms in total. The van der Waals surface area contributed by atoms with Crippen molar-refractivity contribution in [2.24, 2.45) is 11.7 Å². The minimum absolute atomic E-state index is 0.204. The van der Waals surface area contributed by atoms with Crippen molar-refractivity contribution in [3.05, 3.63) is 21.7 Å². The number of methoxy groups -OCH3 is 1. The lowest BCUT2D eigenvalue weighted by Crippen LogP contribution is -2.21. The van der Waals surface area contributed by atoms with Gasteiger partial charge < -0.3 is 15.6 Å². The molecule has 1 fully saturated rings. The van der Waals surface area contributed by atoms with E-state index < -0.39 is 0 Å². The minimum atomic E-state index is 0.204. The van der Waals surface area contributed by atoms with Crippen molar-refractivity contribution in [1.29, 1.82) is 0 Å². The van der Waals surface area contributed by atoms with E-state index in [2.05, 4.69) is 27.9 Å². The van der Waals surface area contributed by atoms with Gasteiger partial charge in [0.1, 0.15) is 0 Å². The standard InChI is InChI=1S/C14H21BrN2O2/c1-8-4-10(15)14(19-3)13(18)12(8)11-5-9(6-16)7-17(11)2/h4,9,11,18H,5-7,16H2,1-3H3. The van der Waals surface area contributed by atoms with Crippen molar-refractivity contribution in [1.82, 2.24) is 4.90 Å². The summed E-state index contributed by atoms with van der Waals surface area (Å²) in [6.45, 7) is 3.68.